The lowest BCUT2D eigenvalue weighted by Crippen LogP contribution is -2.13. The lowest BCUT2D eigenvalue weighted by atomic mass is 10.3. The van der Waals surface area contributed by atoms with Gasteiger partial charge in [-0.15, -0.1) is 0 Å². The van der Waals surface area contributed by atoms with Gasteiger partial charge in [0.15, 0.2) is 0 Å². The highest BCUT2D eigenvalue weighted by molar-refractivity contribution is 14.1. The number of hydrogen-bond acceptors (Lipinski definition) is 2. The van der Waals surface area contributed by atoms with Crippen LogP contribution in [0.2, 0.25) is 0 Å². The molecule has 1 aromatic rings. The zero-order valence-electron chi connectivity index (χ0n) is 6.09. The van der Waals surface area contributed by atoms with E-state index in [4.69, 9.17) is 5.14 Å². The molecule has 0 amide bonds. The quantitative estimate of drug-likeness (QED) is 0.597. The van der Waals surface area contributed by atoms with E-state index in [0.717, 1.165) is 6.07 Å². The zero-order valence-corrected chi connectivity index (χ0v) is 10.7. The van der Waals surface area contributed by atoms with Crippen LogP contribution in [0.4, 0.5) is 4.39 Å². The molecule has 0 saturated heterocycles. The van der Waals surface area contributed by atoms with Crippen molar-refractivity contribution >= 4 is 48.5 Å². The Kier molecular flexibility index (Phi) is 3.31. The first-order chi connectivity index (χ1) is 5.82. The molecule has 0 atom stereocenters. The minimum absolute atomic E-state index is 0.245. The average Bonchev–Trinajstić information content (AvgIpc) is 1.94. The molecule has 3 nitrogen and oxygen atoms in total. The summed E-state index contributed by atoms with van der Waals surface area (Å²) in [6.45, 7) is 0. The van der Waals surface area contributed by atoms with Crippen LogP contribution in [0.3, 0.4) is 0 Å². The summed E-state index contributed by atoms with van der Waals surface area (Å²) in [5.41, 5.74) is 0. The van der Waals surface area contributed by atoms with E-state index >= 15 is 0 Å². The Morgan fingerprint density at radius 3 is 2.46 bits per heavy atom. The Bertz CT molecular complexity index is 448. The van der Waals surface area contributed by atoms with Crippen LogP contribution in [-0.4, -0.2) is 8.42 Å². The van der Waals surface area contributed by atoms with Crippen molar-refractivity contribution in [1.82, 2.24) is 0 Å². The summed E-state index contributed by atoms with van der Waals surface area (Å²) in [6, 6.07) is 2.25. The van der Waals surface area contributed by atoms with E-state index in [0.29, 0.717) is 3.57 Å². The van der Waals surface area contributed by atoms with Gasteiger partial charge in [0.2, 0.25) is 10.0 Å². The van der Waals surface area contributed by atoms with Gasteiger partial charge in [0, 0.05) is 8.04 Å². The molecule has 1 rings (SSSR count). The second-order valence-electron chi connectivity index (χ2n) is 2.24. The smallest absolute Gasteiger partial charge is 0.225 e. The van der Waals surface area contributed by atoms with Crippen molar-refractivity contribution in [1.29, 1.82) is 0 Å². The molecule has 0 aliphatic heterocycles. The SMILES string of the molecule is NS(=O)(=O)c1cc(F)c(I)cc1Br. The first-order valence-electron chi connectivity index (χ1n) is 2.99. The van der Waals surface area contributed by atoms with E-state index in [1.807, 2.05) is 0 Å². The molecule has 1 aromatic carbocycles. The Hall–Kier alpha value is 0.270. The van der Waals surface area contributed by atoms with Gasteiger partial charge < -0.3 is 0 Å². The second kappa shape index (κ2) is 3.79. The van der Waals surface area contributed by atoms with Gasteiger partial charge in [-0.25, -0.2) is 17.9 Å². The lowest BCUT2D eigenvalue weighted by Gasteiger charge is -2.02. The number of halogens is 3. The molecule has 0 unspecified atom stereocenters. The summed E-state index contributed by atoms with van der Waals surface area (Å²) >= 11 is 4.74. The van der Waals surface area contributed by atoms with Gasteiger partial charge in [-0.05, 0) is 50.7 Å². The molecule has 13 heavy (non-hydrogen) atoms. The van der Waals surface area contributed by atoms with Crippen LogP contribution in [0, 0.1) is 9.39 Å². The van der Waals surface area contributed by atoms with Crippen molar-refractivity contribution in [3.8, 4) is 0 Å². The second-order valence-corrected chi connectivity index (χ2v) is 5.79. The molecule has 0 aliphatic rings. The van der Waals surface area contributed by atoms with Crippen molar-refractivity contribution in [2.24, 2.45) is 5.14 Å². The monoisotopic (exact) mass is 379 g/mol. The Labute approximate surface area is 96.8 Å². The summed E-state index contributed by atoms with van der Waals surface area (Å²) in [5.74, 6) is -0.604. The van der Waals surface area contributed by atoms with Crippen molar-refractivity contribution in [3.05, 3.63) is 26.0 Å². The van der Waals surface area contributed by atoms with Crippen LogP contribution < -0.4 is 5.14 Å². The van der Waals surface area contributed by atoms with E-state index < -0.39 is 15.8 Å². The van der Waals surface area contributed by atoms with E-state index in [2.05, 4.69) is 15.9 Å². The van der Waals surface area contributed by atoms with Gasteiger partial charge in [-0.3, -0.25) is 0 Å². The number of rotatable bonds is 1. The summed E-state index contributed by atoms with van der Waals surface area (Å²) in [5, 5.41) is 4.85. The van der Waals surface area contributed by atoms with Crippen molar-refractivity contribution in [2.45, 2.75) is 4.90 Å². The van der Waals surface area contributed by atoms with Gasteiger partial charge in [-0.2, -0.15) is 0 Å². The summed E-state index contributed by atoms with van der Waals surface area (Å²) in [7, 11) is -3.86. The van der Waals surface area contributed by atoms with Crippen LogP contribution in [-0.2, 0) is 10.0 Å². The molecule has 0 fully saturated rings. The van der Waals surface area contributed by atoms with Crippen LogP contribution in [0.5, 0.6) is 0 Å². The van der Waals surface area contributed by atoms with Crippen molar-refractivity contribution in [2.75, 3.05) is 0 Å². The van der Waals surface area contributed by atoms with Gasteiger partial charge in [0.25, 0.3) is 0 Å². The molecule has 7 heteroatoms. The molecule has 0 spiro atoms. The highest BCUT2D eigenvalue weighted by Crippen LogP contribution is 2.25. The Balaban J connectivity index is 3.50. The molecule has 0 saturated carbocycles. The highest BCUT2D eigenvalue weighted by atomic mass is 127. The first kappa shape index (κ1) is 11.3. The molecule has 2 N–H and O–H groups in total. The van der Waals surface area contributed by atoms with Gasteiger partial charge in [0.1, 0.15) is 5.82 Å². The highest BCUT2D eigenvalue weighted by Gasteiger charge is 2.15. The lowest BCUT2D eigenvalue weighted by molar-refractivity contribution is 0.590. The van der Waals surface area contributed by atoms with Gasteiger partial charge in [-0.1, -0.05) is 0 Å². The minimum atomic E-state index is -3.86. The van der Waals surface area contributed by atoms with E-state index in [-0.39, 0.29) is 9.37 Å². The summed E-state index contributed by atoms with van der Waals surface area (Å²) < 4.78 is 35.3. The van der Waals surface area contributed by atoms with Crippen LogP contribution in [0.15, 0.2) is 21.5 Å². The van der Waals surface area contributed by atoms with E-state index in [1.165, 1.54) is 6.07 Å². The van der Waals surface area contributed by atoms with E-state index in [9.17, 15) is 12.8 Å². The maximum atomic E-state index is 12.9. The molecule has 0 radical (unpaired) electrons. The molecule has 0 heterocycles. The van der Waals surface area contributed by atoms with Crippen LogP contribution in [0.25, 0.3) is 0 Å². The third-order valence-corrected chi connectivity index (χ3v) is 3.98. The molecule has 72 valence electrons. The Morgan fingerprint density at radius 2 is 2.00 bits per heavy atom. The minimum Gasteiger partial charge on any atom is -0.225 e. The summed E-state index contributed by atoms with van der Waals surface area (Å²) in [4.78, 5) is -0.245. The number of nitrogens with two attached hydrogens (primary N) is 1. The van der Waals surface area contributed by atoms with E-state index in [1.54, 1.807) is 22.6 Å². The third kappa shape index (κ3) is 2.61. The molecule has 0 aliphatic carbocycles. The molecular weight excluding hydrogens is 376 g/mol. The number of sulfonamides is 1. The van der Waals surface area contributed by atoms with Gasteiger partial charge >= 0.3 is 0 Å². The summed E-state index contributed by atoms with van der Waals surface area (Å²) in [6.07, 6.45) is 0. The van der Waals surface area contributed by atoms with Gasteiger partial charge in [0.05, 0.1) is 4.90 Å². The largest absolute Gasteiger partial charge is 0.239 e. The van der Waals surface area contributed by atoms with Crippen LogP contribution >= 0.6 is 38.5 Å². The predicted octanol–water partition coefficient (Wildman–Crippen LogP) is 1.84. The third-order valence-electron chi connectivity index (χ3n) is 1.28. The average molecular weight is 380 g/mol. The fourth-order valence-electron chi connectivity index (χ4n) is 0.722. The topological polar surface area (TPSA) is 60.2 Å². The number of primary sulfonamides is 1. The fourth-order valence-corrected chi connectivity index (χ4v) is 3.24. The predicted molar refractivity (Wildman–Crippen MR) is 58.2 cm³/mol. The molecule has 0 bridgehead atoms. The maximum Gasteiger partial charge on any atom is 0.239 e. The fraction of sp³-hybridized carbons (Fsp3) is 0. The van der Waals surface area contributed by atoms with Crippen molar-refractivity contribution < 1.29 is 12.8 Å². The normalized spacial score (nSPS) is 11.7. The first-order valence-corrected chi connectivity index (χ1v) is 6.41. The number of benzene rings is 1. The Morgan fingerprint density at radius 1 is 1.46 bits per heavy atom. The molecular formula is C6H4BrFINO2S. The maximum absolute atomic E-state index is 12.9. The zero-order chi connectivity index (χ0) is 10.2. The van der Waals surface area contributed by atoms with Crippen molar-refractivity contribution in [3.63, 3.8) is 0 Å². The number of hydrogen-bond donors (Lipinski definition) is 1. The molecule has 0 aromatic heterocycles. The standard InChI is InChI=1S/C6H4BrFINO2S/c7-3-1-5(9)4(8)2-6(3)13(10,11)12/h1-2H,(H2,10,11,12). The van der Waals surface area contributed by atoms with Crippen LogP contribution in [0.1, 0.15) is 0 Å².